The molecule has 0 fully saturated rings. The lowest BCUT2D eigenvalue weighted by atomic mass is 9.99. The van der Waals surface area contributed by atoms with Gasteiger partial charge in [0.15, 0.2) is 0 Å². The topological polar surface area (TPSA) is 53.9 Å². The normalized spacial score (nSPS) is 16.5. The first-order chi connectivity index (χ1) is 9.59. The number of hydrogen-bond acceptors (Lipinski definition) is 5. The number of likely N-dealkylation sites (N-methyl/N-ethyl adjacent to an activating group) is 1. The predicted octanol–water partition coefficient (Wildman–Crippen LogP) is 1.29. The summed E-state index contributed by atoms with van der Waals surface area (Å²) in [7, 11) is 4.00. The Kier molecular flexibility index (Phi) is 4.53. The summed E-state index contributed by atoms with van der Waals surface area (Å²) in [6.45, 7) is 3.62. The molecule has 5 nitrogen and oxygen atoms in total. The summed E-state index contributed by atoms with van der Waals surface area (Å²) in [6.07, 6.45) is 1.68. The lowest BCUT2D eigenvalue weighted by Crippen LogP contribution is -2.24. The molecule has 0 amide bonds. The van der Waals surface area contributed by atoms with Gasteiger partial charge in [0.25, 0.3) is 0 Å². The Balaban J connectivity index is 2.15. The van der Waals surface area contributed by atoms with Crippen LogP contribution in [0.3, 0.4) is 0 Å². The van der Waals surface area contributed by atoms with Crippen LogP contribution < -0.4 is 5.32 Å². The van der Waals surface area contributed by atoms with Gasteiger partial charge in [-0.15, -0.1) is 0 Å². The molecule has 0 saturated heterocycles. The number of benzene rings is 1. The zero-order valence-electron chi connectivity index (χ0n) is 12.0. The van der Waals surface area contributed by atoms with E-state index in [2.05, 4.69) is 15.4 Å². The van der Waals surface area contributed by atoms with Crippen LogP contribution in [0, 0.1) is 6.92 Å². The van der Waals surface area contributed by atoms with Crippen molar-refractivity contribution in [3.8, 4) is 0 Å². The summed E-state index contributed by atoms with van der Waals surface area (Å²) in [4.78, 5) is 18.6. The van der Waals surface area contributed by atoms with E-state index in [0.717, 1.165) is 24.2 Å². The van der Waals surface area contributed by atoms with Gasteiger partial charge in [-0.3, -0.25) is 0 Å². The van der Waals surface area contributed by atoms with Crippen molar-refractivity contribution in [2.45, 2.75) is 6.92 Å². The fraction of sp³-hybridized carbons (Fsp3) is 0.333. The van der Waals surface area contributed by atoms with Crippen LogP contribution in [0.4, 0.5) is 0 Å². The number of rotatable bonds is 5. The fourth-order valence-corrected chi connectivity index (χ4v) is 1.90. The molecule has 1 N–H and O–H groups in total. The lowest BCUT2D eigenvalue weighted by Gasteiger charge is -2.09. The minimum absolute atomic E-state index is 0.416. The maximum absolute atomic E-state index is 11.7. The number of hydrogen-bond donors (Lipinski definition) is 1. The van der Waals surface area contributed by atoms with Crippen LogP contribution in [-0.2, 0) is 9.63 Å². The lowest BCUT2D eigenvalue weighted by molar-refractivity contribution is -0.136. The highest BCUT2D eigenvalue weighted by Gasteiger charge is 2.27. The van der Waals surface area contributed by atoms with E-state index in [-0.39, 0.29) is 0 Å². The molecule has 1 heterocycles. The Morgan fingerprint density at radius 3 is 2.80 bits per heavy atom. The average Bonchev–Trinajstić information content (AvgIpc) is 2.76. The van der Waals surface area contributed by atoms with Crippen molar-refractivity contribution in [2.75, 3.05) is 27.2 Å². The molecule has 1 aliphatic rings. The molecule has 0 atom stereocenters. The monoisotopic (exact) mass is 273 g/mol. The molecule has 0 bridgehead atoms. The van der Waals surface area contributed by atoms with Gasteiger partial charge in [-0.1, -0.05) is 29.4 Å². The Bertz CT molecular complexity index is 562. The fourth-order valence-electron chi connectivity index (χ4n) is 1.90. The van der Waals surface area contributed by atoms with Crippen LogP contribution in [-0.4, -0.2) is 43.8 Å². The highest BCUT2D eigenvalue weighted by atomic mass is 16.7. The van der Waals surface area contributed by atoms with E-state index >= 15 is 0 Å². The minimum Gasteiger partial charge on any atom is -0.389 e. The zero-order valence-corrected chi connectivity index (χ0v) is 12.0. The zero-order chi connectivity index (χ0) is 14.5. The summed E-state index contributed by atoms with van der Waals surface area (Å²) in [5.74, 6) is -0.416. The van der Waals surface area contributed by atoms with Crippen LogP contribution in [0.15, 0.2) is 41.2 Å². The van der Waals surface area contributed by atoms with E-state index in [4.69, 9.17) is 4.84 Å². The number of nitrogens with one attached hydrogen (secondary N) is 1. The summed E-state index contributed by atoms with van der Waals surface area (Å²) < 4.78 is 0. The summed E-state index contributed by atoms with van der Waals surface area (Å²) in [5.41, 5.74) is 3.03. The van der Waals surface area contributed by atoms with Crippen LogP contribution in [0.5, 0.6) is 0 Å². The molecule has 5 heteroatoms. The molecule has 0 unspecified atom stereocenters. The summed E-state index contributed by atoms with van der Waals surface area (Å²) in [5, 5.41) is 7.01. The maximum atomic E-state index is 11.7. The third kappa shape index (κ3) is 3.24. The Morgan fingerprint density at radius 1 is 1.35 bits per heavy atom. The molecule has 0 saturated carbocycles. The van der Waals surface area contributed by atoms with E-state index in [0.29, 0.717) is 11.3 Å². The van der Waals surface area contributed by atoms with Gasteiger partial charge >= 0.3 is 5.97 Å². The van der Waals surface area contributed by atoms with E-state index in [9.17, 15) is 4.79 Å². The smallest absolute Gasteiger partial charge is 0.369 e. The van der Waals surface area contributed by atoms with Gasteiger partial charge in [0.2, 0.25) is 0 Å². The van der Waals surface area contributed by atoms with Crippen molar-refractivity contribution >= 4 is 11.7 Å². The Morgan fingerprint density at radius 2 is 2.10 bits per heavy atom. The molecule has 20 heavy (non-hydrogen) atoms. The number of aryl methyl sites for hydroxylation is 1. The first kappa shape index (κ1) is 14.3. The first-order valence-electron chi connectivity index (χ1n) is 6.53. The van der Waals surface area contributed by atoms with Crippen molar-refractivity contribution in [1.82, 2.24) is 10.2 Å². The molecule has 1 aromatic rings. The van der Waals surface area contributed by atoms with Crippen molar-refractivity contribution < 1.29 is 9.63 Å². The summed E-state index contributed by atoms with van der Waals surface area (Å²) >= 11 is 0. The molecular weight excluding hydrogens is 254 g/mol. The van der Waals surface area contributed by atoms with E-state index < -0.39 is 5.97 Å². The second-order valence-electron chi connectivity index (χ2n) is 4.95. The molecule has 0 radical (unpaired) electrons. The van der Waals surface area contributed by atoms with Crippen molar-refractivity contribution in [3.63, 3.8) is 0 Å². The third-order valence-electron chi connectivity index (χ3n) is 3.04. The number of nitrogens with zero attached hydrogens (tertiary/aromatic N) is 2. The standard InChI is InChI=1S/C15H19N3O2/c1-11-6-4-5-7-12(11)14-13(15(19)20-17-14)10-16-8-9-18(2)3/h4-7,10,16H,8-9H2,1-3H3. The van der Waals surface area contributed by atoms with Crippen molar-refractivity contribution in [1.29, 1.82) is 0 Å². The van der Waals surface area contributed by atoms with E-state index in [1.165, 1.54) is 0 Å². The van der Waals surface area contributed by atoms with Crippen LogP contribution >= 0.6 is 0 Å². The van der Waals surface area contributed by atoms with Crippen LogP contribution in [0.1, 0.15) is 11.1 Å². The first-order valence-corrected chi connectivity index (χ1v) is 6.53. The quantitative estimate of drug-likeness (QED) is 0.499. The Hall–Kier alpha value is -2.14. The van der Waals surface area contributed by atoms with Crippen molar-refractivity contribution in [3.05, 3.63) is 47.2 Å². The van der Waals surface area contributed by atoms with Gasteiger partial charge in [-0.25, -0.2) is 4.79 Å². The van der Waals surface area contributed by atoms with Crippen molar-refractivity contribution in [2.24, 2.45) is 5.16 Å². The molecule has 1 aliphatic heterocycles. The van der Waals surface area contributed by atoms with Crippen LogP contribution in [0.25, 0.3) is 0 Å². The largest absolute Gasteiger partial charge is 0.389 e. The van der Waals surface area contributed by atoms with Gasteiger partial charge in [0.05, 0.1) is 0 Å². The second-order valence-corrected chi connectivity index (χ2v) is 4.95. The molecule has 1 aromatic carbocycles. The van der Waals surface area contributed by atoms with Gasteiger partial charge in [0.1, 0.15) is 11.3 Å². The third-order valence-corrected chi connectivity index (χ3v) is 3.04. The number of carbonyl (C=O) groups is 1. The maximum Gasteiger partial charge on any atom is 0.369 e. The molecule has 0 aromatic heterocycles. The molecule has 2 rings (SSSR count). The summed E-state index contributed by atoms with van der Waals surface area (Å²) in [6, 6.07) is 7.79. The highest BCUT2D eigenvalue weighted by molar-refractivity contribution is 6.29. The molecule has 0 aliphatic carbocycles. The van der Waals surface area contributed by atoms with E-state index in [1.807, 2.05) is 45.3 Å². The van der Waals surface area contributed by atoms with E-state index in [1.54, 1.807) is 6.20 Å². The minimum atomic E-state index is -0.416. The predicted molar refractivity (Wildman–Crippen MR) is 78.4 cm³/mol. The molecule has 0 spiro atoms. The highest BCUT2D eigenvalue weighted by Crippen LogP contribution is 2.19. The number of oxime groups is 1. The van der Waals surface area contributed by atoms with Gasteiger partial charge in [-0.2, -0.15) is 0 Å². The van der Waals surface area contributed by atoms with Crippen LogP contribution in [0.2, 0.25) is 0 Å². The van der Waals surface area contributed by atoms with Gasteiger partial charge < -0.3 is 15.1 Å². The average molecular weight is 273 g/mol. The molecule has 106 valence electrons. The SMILES string of the molecule is Cc1ccccc1C1=NOC(=O)C1=CNCCN(C)C. The van der Waals surface area contributed by atoms with Gasteiger partial charge in [-0.05, 0) is 26.6 Å². The van der Waals surface area contributed by atoms with Gasteiger partial charge in [0, 0.05) is 24.9 Å². The molecular formula is C15H19N3O2. The number of carbonyl (C=O) groups excluding carboxylic acids is 1. The second kappa shape index (κ2) is 6.34. The Labute approximate surface area is 118 Å².